The summed E-state index contributed by atoms with van der Waals surface area (Å²) in [5.41, 5.74) is -1.89. The van der Waals surface area contributed by atoms with Gasteiger partial charge in [0.15, 0.2) is 11.6 Å². The maximum Gasteiger partial charge on any atom is 0.261 e. The van der Waals surface area contributed by atoms with E-state index < -0.39 is 42.8 Å². The van der Waals surface area contributed by atoms with Crippen molar-refractivity contribution in [3.63, 3.8) is 0 Å². The van der Waals surface area contributed by atoms with Gasteiger partial charge in [0.2, 0.25) is 0 Å². The zero-order chi connectivity index (χ0) is 15.8. The highest BCUT2D eigenvalue weighted by Gasteiger charge is 2.38. The highest BCUT2D eigenvalue weighted by atomic mass is 35.7. The van der Waals surface area contributed by atoms with E-state index in [0.717, 1.165) is 0 Å². The van der Waals surface area contributed by atoms with Gasteiger partial charge >= 0.3 is 0 Å². The van der Waals surface area contributed by atoms with Crippen LogP contribution < -0.4 is 5.32 Å². The van der Waals surface area contributed by atoms with Crippen molar-refractivity contribution in [1.29, 1.82) is 0 Å². The molecule has 0 radical (unpaired) electrons. The molecular formula is C12H12ClF2NO4S. The smallest absolute Gasteiger partial charge is 0.261 e. The molecule has 0 saturated carbocycles. The summed E-state index contributed by atoms with van der Waals surface area (Å²) in [6.07, 6.45) is 1.09. The van der Waals surface area contributed by atoms with E-state index in [-0.39, 0.29) is 0 Å². The van der Waals surface area contributed by atoms with Crippen LogP contribution in [-0.2, 0) is 18.6 Å². The third-order valence-corrected chi connectivity index (χ3v) is 4.57. The zero-order valence-corrected chi connectivity index (χ0v) is 12.5. The van der Waals surface area contributed by atoms with Crippen molar-refractivity contribution >= 4 is 31.3 Å². The van der Waals surface area contributed by atoms with Crippen LogP contribution in [0.4, 0.5) is 14.5 Å². The molecule has 116 valence electrons. The second-order valence-electron chi connectivity index (χ2n) is 4.84. The second-order valence-corrected chi connectivity index (χ2v) is 7.40. The fourth-order valence-corrected chi connectivity index (χ4v) is 2.77. The van der Waals surface area contributed by atoms with E-state index in [4.69, 9.17) is 15.4 Å². The van der Waals surface area contributed by atoms with Crippen molar-refractivity contribution in [3.05, 3.63) is 23.8 Å². The van der Waals surface area contributed by atoms with Crippen molar-refractivity contribution < 1.29 is 26.7 Å². The molecule has 21 heavy (non-hydrogen) atoms. The normalized spacial score (nSPS) is 22.3. The first-order valence-corrected chi connectivity index (χ1v) is 8.33. The van der Waals surface area contributed by atoms with Gasteiger partial charge < -0.3 is 10.1 Å². The molecule has 0 bridgehead atoms. The largest absolute Gasteiger partial charge is 0.365 e. The van der Waals surface area contributed by atoms with E-state index in [1.807, 2.05) is 0 Å². The van der Waals surface area contributed by atoms with Crippen LogP contribution in [0.15, 0.2) is 17.0 Å². The number of ether oxygens (including phenoxy) is 1. The number of carbonyl (C=O) groups is 1. The molecule has 1 aromatic carbocycles. The van der Waals surface area contributed by atoms with Gasteiger partial charge in [0, 0.05) is 17.3 Å². The molecule has 9 heteroatoms. The topological polar surface area (TPSA) is 72.5 Å². The lowest BCUT2D eigenvalue weighted by Crippen LogP contribution is -2.39. The third-order valence-electron chi connectivity index (χ3n) is 3.23. The molecule has 1 N–H and O–H groups in total. The van der Waals surface area contributed by atoms with Gasteiger partial charge in [-0.05, 0) is 31.9 Å². The van der Waals surface area contributed by atoms with Crippen LogP contribution >= 0.6 is 10.7 Å². The molecule has 1 saturated heterocycles. The maximum atomic E-state index is 13.8. The monoisotopic (exact) mass is 339 g/mol. The zero-order valence-electron chi connectivity index (χ0n) is 11.0. The maximum absolute atomic E-state index is 13.8. The number of anilines is 1. The minimum Gasteiger partial charge on any atom is -0.365 e. The van der Waals surface area contributed by atoms with Crippen LogP contribution in [0.25, 0.3) is 0 Å². The summed E-state index contributed by atoms with van der Waals surface area (Å²) in [6.45, 7) is 1.90. The average Bonchev–Trinajstić information content (AvgIpc) is 2.80. The van der Waals surface area contributed by atoms with Crippen molar-refractivity contribution in [1.82, 2.24) is 0 Å². The minimum absolute atomic E-state index is 0.387. The molecule has 1 unspecified atom stereocenters. The van der Waals surface area contributed by atoms with Crippen LogP contribution in [0, 0.1) is 11.6 Å². The molecule has 5 nitrogen and oxygen atoms in total. The Bertz CT molecular complexity index is 663. The minimum atomic E-state index is -4.27. The fourth-order valence-electron chi connectivity index (χ4n) is 2.01. The molecule has 2 rings (SSSR count). The molecule has 1 amide bonds. The lowest BCUT2D eigenvalue weighted by molar-refractivity contribution is -0.133. The van der Waals surface area contributed by atoms with Crippen LogP contribution in [0.5, 0.6) is 0 Å². The molecule has 0 aromatic heterocycles. The molecule has 1 aliphatic rings. The first-order valence-electron chi connectivity index (χ1n) is 6.02. The third kappa shape index (κ3) is 3.33. The summed E-state index contributed by atoms with van der Waals surface area (Å²) < 4.78 is 55.0. The number of carbonyl (C=O) groups excluding carboxylic acids is 1. The van der Waals surface area contributed by atoms with E-state index in [2.05, 4.69) is 5.32 Å². The molecule has 1 aromatic rings. The first-order chi connectivity index (χ1) is 9.63. The Morgan fingerprint density at radius 3 is 2.38 bits per heavy atom. The van der Waals surface area contributed by atoms with Crippen LogP contribution in [0.3, 0.4) is 0 Å². The summed E-state index contributed by atoms with van der Waals surface area (Å²) >= 11 is 0. The Balaban J connectivity index is 2.31. The van der Waals surface area contributed by atoms with Crippen molar-refractivity contribution in [2.45, 2.75) is 30.3 Å². The molecule has 0 aliphatic carbocycles. The van der Waals surface area contributed by atoms with E-state index in [9.17, 15) is 22.0 Å². The quantitative estimate of drug-likeness (QED) is 0.858. The fraction of sp³-hybridized carbons (Fsp3) is 0.417. The Morgan fingerprint density at radius 2 is 1.95 bits per heavy atom. The number of rotatable bonds is 3. The molecule has 1 heterocycles. The Morgan fingerprint density at radius 1 is 1.38 bits per heavy atom. The number of hydrogen-bond donors (Lipinski definition) is 1. The second kappa shape index (κ2) is 5.51. The highest BCUT2D eigenvalue weighted by molar-refractivity contribution is 8.13. The van der Waals surface area contributed by atoms with Crippen LogP contribution in [0.2, 0.25) is 0 Å². The van der Waals surface area contributed by atoms with Gasteiger partial charge in [0.1, 0.15) is 11.3 Å². The van der Waals surface area contributed by atoms with E-state index in [1.54, 1.807) is 0 Å². The Labute approximate surface area is 124 Å². The van der Waals surface area contributed by atoms with E-state index >= 15 is 0 Å². The number of nitrogens with one attached hydrogen (secondary N) is 1. The summed E-state index contributed by atoms with van der Waals surface area (Å²) in [5, 5.41) is 2.09. The van der Waals surface area contributed by atoms with Gasteiger partial charge in [-0.2, -0.15) is 0 Å². The summed E-state index contributed by atoms with van der Waals surface area (Å²) in [6, 6.07) is 1.08. The van der Waals surface area contributed by atoms with Crippen molar-refractivity contribution in [2.24, 2.45) is 0 Å². The summed E-state index contributed by atoms with van der Waals surface area (Å²) in [7, 11) is 0.752. The lowest BCUT2D eigenvalue weighted by atomic mass is 10.0. The predicted molar refractivity (Wildman–Crippen MR) is 71.6 cm³/mol. The van der Waals surface area contributed by atoms with Crippen molar-refractivity contribution in [3.8, 4) is 0 Å². The van der Waals surface area contributed by atoms with Crippen molar-refractivity contribution in [2.75, 3.05) is 11.9 Å². The SMILES string of the molecule is CC1(C(=O)Nc2c(F)cc(S(=O)(=O)Cl)cc2F)CCCO1. The molecular weight excluding hydrogens is 328 g/mol. The van der Waals surface area contributed by atoms with Crippen LogP contribution in [0.1, 0.15) is 19.8 Å². The number of amides is 1. The molecule has 1 aliphatic heterocycles. The number of hydrogen-bond acceptors (Lipinski definition) is 4. The summed E-state index contributed by atoms with van der Waals surface area (Å²) in [5.74, 6) is -3.16. The highest BCUT2D eigenvalue weighted by Crippen LogP contribution is 2.29. The van der Waals surface area contributed by atoms with E-state index in [1.165, 1.54) is 6.92 Å². The number of halogens is 3. The average molecular weight is 340 g/mol. The lowest BCUT2D eigenvalue weighted by Gasteiger charge is -2.22. The molecule has 1 fully saturated rings. The predicted octanol–water partition coefficient (Wildman–Crippen LogP) is 2.40. The molecule has 1 atom stereocenters. The Kier molecular flexibility index (Phi) is 4.23. The summed E-state index contributed by atoms with van der Waals surface area (Å²) in [4.78, 5) is 11.3. The number of benzene rings is 1. The van der Waals surface area contributed by atoms with Gasteiger partial charge in [-0.3, -0.25) is 4.79 Å². The van der Waals surface area contributed by atoms with Gasteiger partial charge in [-0.25, -0.2) is 17.2 Å². The van der Waals surface area contributed by atoms with Gasteiger partial charge in [0.25, 0.3) is 15.0 Å². The van der Waals surface area contributed by atoms with Gasteiger partial charge in [0.05, 0.1) is 4.90 Å². The molecule has 0 spiro atoms. The standard InChI is InChI=1S/C12H12ClF2NO4S/c1-12(3-2-4-20-12)11(17)16-10-8(14)5-7(6-9(10)15)21(13,18)19/h5-6H,2-4H2,1H3,(H,16,17). The Hall–Kier alpha value is -1.25. The first kappa shape index (κ1) is 16.1. The van der Waals surface area contributed by atoms with Crippen LogP contribution in [-0.4, -0.2) is 26.5 Å². The van der Waals surface area contributed by atoms with E-state index in [0.29, 0.717) is 31.6 Å². The van der Waals surface area contributed by atoms with Gasteiger partial charge in [-0.15, -0.1) is 0 Å². The van der Waals surface area contributed by atoms with Gasteiger partial charge in [-0.1, -0.05) is 0 Å².